The van der Waals surface area contributed by atoms with Gasteiger partial charge in [0.1, 0.15) is 0 Å². The van der Waals surface area contributed by atoms with Crippen LogP contribution < -0.4 is 5.32 Å². The van der Waals surface area contributed by atoms with Gasteiger partial charge in [-0.05, 0) is 43.1 Å². The fourth-order valence-electron chi connectivity index (χ4n) is 2.26. The Morgan fingerprint density at radius 3 is 3.00 bits per heavy atom. The third kappa shape index (κ3) is 4.13. The summed E-state index contributed by atoms with van der Waals surface area (Å²) in [7, 11) is 0. The molecule has 3 rings (SSSR count). The van der Waals surface area contributed by atoms with Gasteiger partial charge in [-0.25, -0.2) is 4.68 Å². The van der Waals surface area contributed by atoms with Gasteiger partial charge in [0.25, 0.3) is 0 Å². The van der Waals surface area contributed by atoms with Crippen LogP contribution in [0.5, 0.6) is 0 Å². The van der Waals surface area contributed by atoms with Crippen LogP contribution in [0.15, 0.2) is 36.7 Å². The van der Waals surface area contributed by atoms with E-state index in [2.05, 4.69) is 23.4 Å². The van der Waals surface area contributed by atoms with Gasteiger partial charge in [0.15, 0.2) is 0 Å². The van der Waals surface area contributed by atoms with Gasteiger partial charge in [-0.3, -0.25) is 4.79 Å². The first-order valence-corrected chi connectivity index (χ1v) is 8.82. The predicted molar refractivity (Wildman–Crippen MR) is 90.2 cm³/mol. The number of benzene rings is 1. The molecule has 1 amide bonds. The van der Waals surface area contributed by atoms with Gasteiger partial charge < -0.3 is 5.32 Å². The van der Waals surface area contributed by atoms with Crippen molar-refractivity contribution in [3.05, 3.63) is 47.8 Å². The second kappa shape index (κ2) is 7.01. The molecule has 0 spiro atoms. The normalized spacial score (nSPS) is 14.0. The number of aromatic nitrogens is 2. The van der Waals surface area contributed by atoms with Gasteiger partial charge in [0, 0.05) is 18.3 Å². The van der Waals surface area contributed by atoms with Crippen molar-refractivity contribution >= 4 is 17.7 Å². The molecule has 1 aliphatic carbocycles. The first-order valence-electron chi connectivity index (χ1n) is 7.66. The van der Waals surface area contributed by atoms with Gasteiger partial charge in [0.2, 0.25) is 5.91 Å². The van der Waals surface area contributed by atoms with E-state index in [4.69, 9.17) is 0 Å². The van der Waals surface area contributed by atoms with Gasteiger partial charge in [-0.15, -0.1) is 0 Å². The maximum absolute atomic E-state index is 11.8. The smallest absolute Gasteiger partial charge is 0.230 e. The summed E-state index contributed by atoms with van der Waals surface area (Å²) in [5, 5.41) is 7.34. The number of nitrogens with zero attached hydrogens (tertiary/aromatic N) is 2. The van der Waals surface area contributed by atoms with Gasteiger partial charge in [0.05, 0.1) is 17.6 Å². The Labute approximate surface area is 135 Å². The van der Waals surface area contributed by atoms with Crippen LogP contribution in [0.25, 0.3) is 5.69 Å². The minimum Gasteiger partial charge on any atom is -0.351 e. The van der Waals surface area contributed by atoms with Gasteiger partial charge in [-0.2, -0.15) is 16.9 Å². The first kappa shape index (κ1) is 15.2. The van der Waals surface area contributed by atoms with Gasteiger partial charge >= 0.3 is 0 Å². The van der Waals surface area contributed by atoms with Crippen molar-refractivity contribution in [2.24, 2.45) is 5.92 Å². The van der Waals surface area contributed by atoms with E-state index in [0.717, 1.165) is 22.9 Å². The topological polar surface area (TPSA) is 46.9 Å². The molecular formula is C17H21N3OS. The van der Waals surface area contributed by atoms with Crippen LogP contribution in [0.3, 0.4) is 0 Å². The second-order valence-electron chi connectivity index (χ2n) is 5.81. The summed E-state index contributed by atoms with van der Waals surface area (Å²) >= 11 is 1.74. The molecular weight excluding hydrogens is 294 g/mol. The van der Waals surface area contributed by atoms with Crippen molar-refractivity contribution in [3.8, 4) is 5.69 Å². The summed E-state index contributed by atoms with van der Waals surface area (Å²) in [4.78, 5) is 11.8. The van der Waals surface area contributed by atoms with Crippen LogP contribution in [0.4, 0.5) is 0 Å². The highest BCUT2D eigenvalue weighted by Gasteiger charge is 2.21. The molecule has 1 fully saturated rings. The standard InChI is InChI=1S/C17H21N3OS/c1-13-4-2-3-5-16(13)20-10-15(9-19-20)8-18-17(21)12-22-11-14-6-7-14/h2-5,9-10,14H,6-8,11-12H2,1H3,(H,18,21). The molecule has 1 aromatic carbocycles. The van der Waals surface area contributed by atoms with E-state index in [1.807, 2.05) is 35.3 Å². The Hall–Kier alpha value is -1.75. The van der Waals surface area contributed by atoms with Crippen molar-refractivity contribution < 1.29 is 4.79 Å². The van der Waals surface area contributed by atoms with Crippen molar-refractivity contribution in [2.75, 3.05) is 11.5 Å². The maximum Gasteiger partial charge on any atom is 0.230 e. The van der Waals surface area contributed by atoms with Crippen molar-refractivity contribution in [2.45, 2.75) is 26.3 Å². The minimum atomic E-state index is 0.106. The van der Waals surface area contributed by atoms with Crippen molar-refractivity contribution in [1.82, 2.24) is 15.1 Å². The number of thioether (sulfide) groups is 1. The molecule has 0 atom stereocenters. The lowest BCUT2D eigenvalue weighted by molar-refractivity contribution is -0.118. The lowest BCUT2D eigenvalue weighted by Gasteiger charge is -2.05. The minimum absolute atomic E-state index is 0.106. The van der Waals surface area contributed by atoms with Gasteiger partial charge in [-0.1, -0.05) is 18.2 Å². The highest BCUT2D eigenvalue weighted by Crippen LogP contribution is 2.32. The maximum atomic E-state index is 11.8. The Balaban J connectivity index is 1.49. The number of hydrogen-bond acceptors (Lipinski definition) is 3. The van der Waals surface area contributed by atoms with Crippen LogP contribution in [0.1, 0.15) is 24.0 Å². The second-order valence-corrected chi connectivity index (χ2v) is 6.85. The highest BCUT2D eigenvalue weighted by atomic mass is 32.2. The summed E-state index contributed by atoms with van der Waals surface area (Å²) in [6.45, 7) is 2.60. The largest absolute Gasteiger partial charge is 0.351 e. The molecule has 1 saturated carbocycles. The summed E-state index contributed by atoms with van der Waals surface area (Å²) in [6.07, 6.45) is 6.46. The third-order valence-electron chi connectivity index (χ3n) is 3.77. The van der Waals surface area contributed by atoms with E-state index in [1.165, 1.54) is 18.4 Å². The lowest BCUT2D eigenvalue weighted by atomic mass is 10.2. The SMILES string of the molecule is Cc1ccccc1-n1cc(CNC(=O)CSCC2CC2)cn1. The molecule has 5 heteroatoms. The van der Waals surface area contributed by atoms with Crippen molar-refractivity contribution in [1.29, 1.82) is 0 Å². The van der Waals surface area contributed by atoms with E-state index in [-0.39, 0.29) is 5.91 Å². The molecule has 0 unspecified atom stereocenters. The number of carbonyl (C=O) groups is 1. The number of para-hydroxylation sites is 1. The molecule has 1 N–H and O–H groups in total. The lowest BCUT2D eigenvalue weighted by Crippen LogP contribution is -2.24. The molecule has 1 aliphatic rings. The zero-order chi connectivity index (χ0) is 15.4. The number of carbonyl (C=O) groups excluding carboxylic acids is 1. The highest BCUT2D eigenvalue weighted by molar-refractivity contribution is 7.99. The van der Waals surface area contributed by atoms with Crippen LogP contribution in [0.2, 0.25) is 0 Å². The molecule has 0 aliphatic heterocycles. The molecule has 1 aromatic heterocycles. The van der Waals surface area contributed by atoms with E-state index in [0.29, 0.717) is 12.3 Å². The Morgan fingerprint density at radius 1 is 1.41 bits per heavy atom. The fourth-order valence-corrected chi connectivity index (χ4v) is 3.33. The van der Waals surface area contributed by atoms with Crippen LogP contribution >= 0.6 is 11.8 Å². The zero-order valence-electron chi connectivity index (χ0n) is 12.8. The third-order valence-corrected chi connectivity index (χ3v) is 4.95. The number of aryl methyl sites for hydroxylation is 1. The first-order chi connectivity index (χ1) is 10.7. The predicted octanol–water partition coefficient (Wildman–Crippen LogP) is 2.94. The molecule has 1 heterocycles. The number of rotatable bonds is 7. The van der Waals surface area contributed by atoms with E-state index in [1.54, 1.807) is 11.8 Å². The van der Waals surface area contributed by atoms with Crippen molar-refractivity contribution in [3.63, 3.8) is 0 Å². The number of hydrogen-bond donors (Lipinski definition) is 1. The van der Waals surface area contributed by atoms with Crippen LogP contribution in [0, 0.1) is 12.8 Å². The summed E-state index contributed by atoms with van der Waals surface area (Å²) in [5.74, 6) is 2.65. The number of amides is 1. The average Bonchev–Trinajstić information content (AvgIpc) is 3.22. The Bertz CT molecular complexity index is 649. The molecule has 116 valence electrons. The molecule has 22 heavy (non-hydrogen) atoms. The van der Waals surface area contributed by atoms with E-state index in [9.17, 15) is 4.79 Å². The summed E-state index contributed by atoms with van der Waals surface area (Å²) in [6, 6.07) is 8.13. The molecule has 2 aromatic rings. The molecule has 0 saturated heterocycles. The molecule has 0 bridgehead atoms. The van der Waals surface area contributed by atoms with Crippen LogP contribution in [-0.2, 0) is 11.3 Å². The Morgan fingerprint density at radius 2 is 2.23 bits per heavy atom. The van der Waals surface area contributed by atoms with Crippen LogP contribution in [-0.4, -0.2) is 27.2 Å². The summed E-state index contributed by atoms with van der Waals surface area (Å²) in [5.41, 5.74) is 3.27. The fraction of sp³-hybridized carbons (Fsp3) is 0.412. The Kier molecular flexibility index (Phi) is 4.83. The van der Waals surface area contributed by atoms with E-state index < -0.39 is 0 Å². The van der Waals surface area contributed by atoms with E-state index >= 15 is 0 Å². The zero-order valence-corrected chi connectivity index (χ0v) is 13.6. The number of nitrogens with one attached hydrogen (secondary N) is 1. The average molecular weight is 315 g/mol. The quantitative estimate of drug-likeness (QED) is 0.854. The molecule has 0 radical (unpaired) electrons. The monoisotopic (exact) mass is 315 g/mol. The molecule has 4 nitrogen and oxygen atoms in total. The summed E-state index contributed by atoms with van der Waals surface area (Å²) < 4.78 is 1.86.